The highest BCUT2D eigenvalue weighted by Crippen LogP contribution is 2.45. The van der Waals surface area contributed by atoms with Crippen LogP contribution in [-0.4, -0.2) is 94.2 Å². The van der Waals surface area contributed by atoms with Crippen molar-refractivity contribution in [3.63, 3.8) is 0 Å². The van der Waals surface area contributed by atoms with E-state index in [-0.39, 0.29) is 54.0 Å². The molecule has 77 heavy (non-hydrogen) atoms. The summed E-state index contributed by atoms with van der Waals surface area (Å²) in [4.78, 5) is 67.3. The molecule has 0 saturated carbocycles. The number of hydrogen-bond acceptors (Lipinski definition) is 15. The number of benzene rings is 4. The Morgan fingerprint density at radius 3 is 1.35 bits per heavy atom. The number of halogens is 3. The van der Waals surface area contributed by atoms with Gasteiger partial charge in [-0.1, -0.05) is 97.1 Å². The molecule has 2 atom stereocenters. The van der Waals surface area contributed by atoms with E-state index in [1.807, 2.05) is 84.9 Å². The lowest BCUT2D eigenvalue weighted by atomic mass is 9.98. The normalized spacial score (nSPS) is 12.6. The Morgan fingerprint density at radius 1 is 0.662 bits per heavy atom. The lowest BCUT2D eigenvalue weighted by Gasteiger charge is -2.25. The number of nitrogens with zero attached hydrogens (tertiary/aromatic N) is 4. The molecule has 3 N–H and O–H groups in total. The second-order valence-corrected chi connectivity index (χ2v) is 21.3. The number of fused-ring (bicyclic) bond motifs is 6. The van der Waals surface area contributed by atoms with Crippen LogP contribution < -0.4 is 10.6 Å². The minimum absolute atomic E-state index is 0.0219. The number of carbonyl (C=O) groups excluding carboxylic acids is 4. The number of amides is 2. The van der Waals surface area contributed by atoms with Gasteiger partial charge in [0.1, 0.15) is 48.6 Å². The number of aromatic nitrogens is 2. The third kappa shape index (κ3) is 19.0. The third-order valence-electron chi connectivity index (χ3n) is 10.8. The van der Waals surface area contributed by atoms with E-state index in [0.29, 0.717) is 16.6 Å². The summed E-state index contributed by atoms with van der Waals surface area (Å²) in [5.41, 5.74) is 8.51. The first-order valence-electron chi connectivity index (χ1n) is 24.3. The van der Waals surface area contributed by atoms with Gasteiger partial charge in [-0.25, -0.2) is 29.1 Å². The minimum Gasteiger partial charge on any atom is -0.480 e. The van der Waals surface area contributed by atoms with Gasteiger partial charge >= 0.3 is 30.1 Å². The van der Waals surface area contributed by atoms with Crippen LogP contribution >= 0.6 is 45.9 Å². The number of nitrogens with one attached hydrogen (secondary N) is 2. The van der Waals surface area contributed by atoms with Crippen LogP contribution in [0.5, 0.6) is 0 Å². The molecule has 6 aromatic rings. The summed E-state index contributed by atoms with van der Waals surface area (Å²) in [7, 11) is -1.00. The number of carbonyl (C=O) groups is 5. The zero-order valence-electron chi connectivity index (χ0n) is 44.3. The van der Waals surface area contributed by atoms with Gasteiger partial charge < -0.3 is 34.7 Å². The fourth-order valence-electron chi connectivity index (χ4n) is 7.90. The quantitative estimate of drug-likeness (QED) is 0.0587. The van der Waals surface area contributed by atoms with Gasteiger partial charge in [-0.3, -0.25) is 9.18 Å². The molecule has 0 aliphatic heterocycles. The number of alkyl halides is 3. The molecule has 21 heteroatoms. The maximum Gasteiger partial charge on any atom is 0.408 e. The van der Waals surface area contributed by atoms with Crippen LogP contribution in [0.3, 0.4) is 0 Å². The van der Waals surface area contributed by atoms with Crippen molar-refractivity contribution in [2.45, 2.75) is 96.4 Å². The van der Waals surface area contributed by atoms with Gasteiger partial charge in [-0.2, -0.15) is 10.5 Å². The van der Waals surface area contributed by atoms with Gasteiger partial charge in [0, 0.05) is 42.4 Å². The fraction of sp³-hybridized carbons (Fsp3) is 0.339. The van der Waals surface area contributed by atoms with Gasteiger partial charge in [0.05, 0.1) is 23.9 Å². The van der Waals surface area contributed by atoms with Gasteiger partial charge in [0.2, 0.25) is 0 Å². The van der Waals surface area contributed by atoms with Crippen molar-refractivity contribution in [2.75, 3.05) is 25.7 Å². The Morgan fingerprint density at radius 2 is 1.01 bits per heavy atom. The summed E-state index contributed by atoms with van der Waals surface area (Å²) in [6.45, 7) is 12.4. The van der Waals surface area contributed by atoms with Crippen molar-refractivity contribution in [2.24, 2.45) is 0 Å². The van der Waals surface area contributed by atoms with E-state index in [9.17, 15) is 33.5 Å². The van der Waals surface area contributed by atoms with Crippen LogP contribution in [-0.2, 0) is 46.2 Å². The van der Waals surface area contributed by atoms with Gasteiger partial charge in [0.15, 0.2) is 11.4 Å². The molecule has 2 amide bonds. The first-order chi connectivity index (χ1) is 37.1. The monoisotopic (exact) mass is 1130 g/mol. The van der Waals surface area contributed by atoms with Gasteiger partial charge in [-0.15, -0.1) is 45.9 Å². The lowest BCUT2D eigenvalue weighted by Crippen LogP contribution is -2.47. The van der Waals surface area contributed by atoms with Crippen molar-refractivity contribution in [1.82, 2.24) is 20.6 Å². The Bertz CT molecular complexity index is 2990. The van der Waals surface area contributed by atoms with Gasteiger partial charge in [0.25, 0.3) is 0 Å². The topological polar surface area (TPSA) is 240 Å². The number of rotatable bonds is 12. The molecule has 2 aromatic heterocycles. The number of nitriles is 2. The van der Waals surface area contributed by atoms with Crippen molar-refractivity contribution in [3.8, 4) is 34.4 Å². The van der Waals surface area contributed by atoms with E-state index in [2.05, 4.69) is 44.9 Å². The lowest BCUT2D eigenvalue weighted by molar-refractivity contribution is -0.157. The summed E-state index contributed by atoms with van der Waals surface area (Å²) < 4.78 is 36.6. The molecule has 2 heterocycles. The van der Waals surface area contributed by atoms with E-state index in [4.69, 9.17) is 54.0 Å². The SMILES string of the molecule is CC(=O)OCC1c2ccccc2-c2ccccc21.CC(C)(C)OC(=O)N[C@@H](Cc1nc(C#N)cs1)C(=O)OC(C)(C)C.ClCCl.N#Cc1csc(C[C@H](NC(=O)OCC2c3ccccc3-c3ccccc32)C(=O)O)n1.[2H]CF. The Labute approximate surface area is 466 Å². The summed E-state index contributed by atoms with van der Waals surface area (Å²) >= 11 is 11.9. The predicted molar refractivity (Wildman–Crippen MR) is 294 cm³/mol. The molecule has 2 aliphatic carbocycles. The Kier molecular flexibility index (Phi) is 23.4. The number of carboxylic acid groups (broad SMARTS) is 1. The zero-order valence-corrected chi connectivity index (χ0v) is 46.4. The van der Waals surface area contributed by atoms with E-state index in [0.717, 1.165) is 22.3 Å². The van der Waals surface area contributed by atoms with Crippen LogP contribution in [0, 0.1) is 22.7 Å². The number of carboxylic acids is 1. The van der Waals surface area contributed by atoms with Crippen LogP contribution in [0.1, 0.15) is 105 Å². The molecule has 0 bridgehead atoms. The van der Waals surface area contributed by atoms with Crippen LogP contribution in [0.4, 0.5) is 14.0 Å². The van der Waals surface area contributed by atoms with Crippen LogP contribution in [0.15, 0.2) is 108 Å². The molecule has 16 nitrogen and oxygen atoms in total. The standard InChI is InChI=1S/C22H17N3O4S.C16H23N3O4S.C16H14O2.CH2Cl2.CH3F/c23-10-13-12-30-20(24-13)9-19(21(26)27)25-22(28)29-11-18-16-7-3-1-5-14(16)15-6-2-4-8-17(15)18;1-15(2,3)22-13(20)11(19-14(21)23-16(4,5)6)7-12-18-10(8-17)9-24-12;1-11(17)18-10-16-14-8-4-2-6-12(14)13-7-3-5-9-15(13)16;2-1-3;1-2/h1-8,12,18-19H,9,11H2,(H,25,28)(H,26,27);9,11H,7H2,1-6H3,(H,19,21);2-9,16H,10H2,1H3;1H2;1H3/t19-;11-;;;/m00.../s1/i;;;;1D. The minimum atomic E-state index is -1.20. The average Bonchev–Trinajstić information content (AvgIpc) is 4.29. The Hall–Kier alpha value is -7.42. The molecule has 2 aliphatic rings. The summed E-state index contributed by atoms with van der Waals surface area (Å²) in [5.74, 6) is -1.94. The second kappa shape index (κ2) is 29.8. The Balaban J connectivity index is 0.000000246. The molecular formula is C56H59Cl2FN6O10S2. The molecule has 0 unspecified atom stereocenters. The zero-order chi connectivity index (χ0) is 57.6. The van der Waals surface area contributed by atoms with Crippen molar-refractivity contribution < 1.29 is 53.8 Å². The molecular weight excluding hydrogens is 1070 g/mol. The molecule has 0 spiro atoms. The van der Waals surface area contributed by atoms with E-state index < -0.39 is 54.6 Å². The summed E-state index contributed by atoms with van der Waals surface area (Å²) in [6, 6.07) is 34.3. The van der Waals surface area contributed by atoms with Crippen molar-refractivity contribution >= 4 is 76.0 Å². The van der Waals surface area contributed by atoms with E-state index in [1.54, 1.807) is 52.3 Å². The molecule has 406 valence electrons. The highest BCUT2D eigenvalue weighted by Gasteiger charge is 2.32. The maximum absolute atomic E-state index is 12.4. The number of ether oxygens (including phenoxy) is 4. The molecule has 8 rings (SSSR count). The van der Waals surface area contributed by atoms with Crippen LogP contribution in [0.2, 0.25) is 0 Å². The smallest absolute Gasteiger partial charge is 0.408 e. The third-order valence-corrected chi connectivity index (χ3v) is 12.6. The summed E-state index contributed by atoms with van der Waals surface area (Å²) in [6.07, 6.45) is -1.41. The molecule has 0 radical (unpaired) electrons. The largest absolute Gasteiger partial charge is 0.480 e. The number of aliphatic carboxylic acids is 1. The van der Waals surface area contributed by atoms with E-state index in [1.165, 1.54) is 51.9 Å². The maximum atomic E-state index is 12.4. The van der Waals surface area contributed by atoms with Crippen LogP contribution in [0.25, 0.3) is 22.3 Å². The highest BCUT2D eigenvalue weighted by molar-refractivity contribution is 7.10. The van der Waals surface area contributed by atoms with E-state index >= 15 is 0 Å². The van der Waals surface area contributed by atoms with Gasteiger partial charge in [-0.05, 0) is 86.1 Å². The first kappa shape index (κ1) is 60.4. The highest BCUT2D eigenvalue weighted by atomic mass is 35.5. The van der Waals surface area contributed by atoms with Crippen molar-refractivity contribution in [1.29, 1.82) is 10.5 Å². The first-order valence-corrected chi connectivity index (χ1v) is 26.4. The molecule has 0 fully saturated rings. The number of alkyl carbamates (subject to hydrolysis) is 2. The van der Waals surface area contributed by atoms with Crippen molar-refractivity contribution in [3.05, 3.63) is 151 Å². The average molecular weight is 1130 g/mol. The molecule has 0 saturated heterocycles. The second-order valence-electron chi connectivity index (χ2n) is 18.6. The number of hydrogen-bond donors (Lipinski definition) is 3. The summed E-state index contributed by atoms with van der Waals surface area (Å²) in [5, 5.41) is 36.4. The molecule has 4 aromatic carbocycles. The number of thiazole rings is 2. The predicted octanol–water partition coefficient (Wildman–Crippen LogP) is 11.7. The number of esters is 2. The fourth-order valence-corrected chi connectivity index (χ4v) is 9.43.